The van der Waals surface area contributed by atoms with Crippen molar-refractivity contribution in [2.45, 2.75) is 50.6 Å². The maximum absolute atomic E-state index is 13.5. The Kier molecular flexibility index (Phi) is 5.47. The molecule has 4 heteroatoms. The van der Waals surface area contributed by atoms with Crippen LogP contribution in [0, 0.1) is 0 Å². The van der Waals surface area contributed by atoms with Crippen LogP contribution < -0.4 is 0 Å². The van der Waals surface area contributed by atoms with Crippen LogP contribution in [0.4, 0.5) is 0 Å². The normalized spacial score (nSPS) is 25.0. The van der Waals surface area contributed by atoms with Gasteiger partial charge in [0.2, 0.25) is 5.91 Å². The zero-order valence-electron chi connectivity index (χ0n) is 16.5. The molecule has 2 amide bonds. The monoisotopic (exact) mass is 376 g/mol. The summed E-state index contributed by atoms with van der Waals surface area (Å²) in [5.74, 6) is 0.465. The summed E-state index contributed by atoms with van der Waals surface area (Å²) in [6, 6.07) is 20.2. The Bertz CT molecular complexity index is 821. The number of nitrogens with zero attached hydrogens (tertiary/aromatic N) is 2. The van der Waals surface area contributed by atoms with Gasteiger partial charge in [0.25, 0.3) is 5.91 Å². The first kappa shape index (κ1) is 18.7. The summed E-state index contributed by atoms with van der Waals surface area (Å²) in [6.45, 7) is 3.18. The molecule has 4 rings (SSSR count). The molecule has 0 N–H and O–H groups in total. The number of hydrogen-bond donors (Lipinski definition) is 0. The molecule has 4 nitrogen and oxygen atoms in total. The average molecular weight is 377 g/mol. The summed E-state index contributed by atoms with van der Waals surface area (Å²) in [5, 5.41) is 0. The molecular weight excluding hydrogens is 348 g/mol. The molecule has 146 valence electrons. The molecule has 2 aliphatic heterocycles. The van der Waals surface area contributed by atoms with Crippen molar-refractivity contribution in [3.05, 3.63) is 71.8 Å². The van der Waals surface area contributed by atoms with Crippen LogP contribution in [0.15, 0.2) is 60.7 Å². The standard InChI is InChI=1S/C24H28N2O2/c1-18(27)25-17-15-21(19-10-4-2-5-11-19)23-22(25)14-8-9-16-26(23)24(28)20-12-6-3-7-13-20/h2-7,10-13,21-23H,8-9,14-17H2,1H3/t21-,22-,23-/m1/s1. The second kappa shape index (κ2) is 8.17. The molecular formula is C24H28N2O2. The molecule has 2 saturated heterocycles. The number of carbonyl (C=O) groups excluding carboxylic acids is 2. The molecule has 0 aromatic heterocycles. The van der Waals surface area contributed by atoms with E-state index in [1.807, 2.05) is 41.3 Å². The number of likely N-dealkylation sites (tertiary alicyclic amines) is 2. The van der Waals surface area contributed by atoms with Crippen molar-refractivity contribution in [1.29, 1.82) is 0 Å². The highest BCUT2D eigenvalue weighted by Gasteiger charge is 2.45. The van der Waals surface area contributed by atoms with Crippen LogP contribution in [0.3, 0.4) is 0 Å². The van der Waals surface area contributed by atoms with E-state index >= 15 is 0 Å². The van der Waals surface area contributed by atoms with E-state index in [9.17, 15) is 9.59 Å². The van der Waals surface area contributed by atoms with Crippen LogP contribution in [0.2, 0.25) is 0 Å². The van der Waals surface area contributed by atoms with Gasteiger partial charge in [0.05, 0.1) is 12.1 Å². The smallest absolute Gasteiger partial charge is 0.254 e. The van der Waals surface area contributed by atoms with Crippen molar-refractivity contribution in [1.82, 2.24) is 9.80 Å². The van der Waals surface area contributed by atoms with E-state index in [-0.39, 0.29) is 29.8 Å². The molecule has 2 heterocycles. The number of amides is 2. The highest BCUT2D eigenvalue weighted by atomic mass is 16.2. The number of benzene rings is 2. The Labute approximate surface area is 167 Å². The van der Waals surface area contributed by atoms with Crippen LogP contribution in [0.25, 0.3) is 0 Å². The SMILES string of the molecule is CC(=O)N1CC[C@H](c2ccccc2)[C@@H]2[C@H]1CCCCN2C(=O)c1ccccc1. The van der Waals surface area contributed by atoms with Gasteiger partial charge in [0.1, 0.15) is 0 Å². The lowest BCUT2D eigenvalue weighted by atomic mass is 9.78. The van der Waals surface area contributed by atoms with Gasteiger partial charge in [-0.05, 0) is 43.4 Å². The second-order valence-electron chi connectivity index (χ2n) is 7.94. The lowest BCUT2D eigenvalue weighted by molar-refractivity contribution is -0.134. The number of hydrogen-bond acceptors (Lipinski definition) is 2. The van der Waals surface area contributed by atoms with Gasteiger partial charge in [0, 0.05) is 31.5 Å². The fourth-order valence-corrected chi connectivity index (χ4v) is 5.04. The maximum Gasteiger partial charge on any atom is 0.254 e. The van der Waals surface area contributed by atoms with Gasteiger partial charge < -0.3 is 9.80 Å². The quantitative estimate of drug-likeness (QED) is 0.792. The van der Waals surface area contributed by atoms with Crippen LogP contribution in [0.5, 0.6) is 0 Å². The van der Waals surface area contributed by atoms with Gasteiger partial charge in [-0.15, -0.1) is 0 Å². The van der Waals surface area contributed by atoms with Crippen LogP contribution >= 0.6 is 0 Å². The minimum atomic E-state index is 0.0234. The van der Waals surface area contributed by atoms with Crippen molar-refractivity contribution in [3.8, 4) is 0 Å². The Hall–Kier alpha value is -2.62. The van der Waals surface area contributed by atoms with E-state index < -0.39 is 0 Å². The fourth-order valence-electron chi connectivity index (χ4n) is 5.04. The maximum atomic E-state index is 13.5. The van der Waals surface area contributed by atoms with Crippen molar-refractivity contribution in [3.63, 3.8) is 0 Å². The second-order valence-corrected chi connectivity index (χ2v) is 7.94. The van der Waals surface area contributed by atoms with Crippen molar-refractivity contribution >= 4 is 11.8 Å². The summed E-state index contributed by atoms with van der Waals surface area (Å²) in [5.41, 5.74) is 2.00. The first-order chi connectivity index (χ1) is 13.7. The van der Waals surface area contributed by atoms with Crippen LogP contribution in [-0.2, 0) is 4.79 Å². The first-order valence-electron chi connectivity index (χ1n) is 10.3. The molecule has 2 aliphatic rings. The third kappa shape index (κ3) is 3.56. The van der Waals surface area contributed by atoms with Gasteiger partial charge in [-0.2, -0.15) is 0 Å². The highest BCUT2D eigenvalue weighted by Crippen LogP contribution is 2.39. The van der Waals surface area contributed by atoms with Crippen LogP contribution in [0.1, 0.15) is 54.4 Å². The Balaban J connectivity index is 1.76. The number of rotatable bonds is 2. The third-order valence-electron chi connectivity index (χ3n) is 6.31. The largest absolute Gasteiger partial charge is 0.338 e. The minimum Gasteiger partial charge on any atom is -0.338 e. The molecule has 2 aromatic rings. The molecule has 2 aromatic carbocycles. The third-order valence-corrected chi connectivity index (χ3v) is 6.31. The molecule has 0 saturated carbocycles. The van der Waals surface area contributed by atoms with Gasteiger partial charge in [0.15, 0.2) is 0 Å². The summed E-state index contributed by atoms with van der Waals surface area (Å²) < 4.78 is 0. The molecule has 0 bridgehead atoms. The zero-order valence-corrected chi connectivity index (χ0v) is 16.5. The summed E-state index contributed by atoms with van der Waals surface area (Å²) in [7, 11) is 0. The number of fused-ring (bicyclic) bond motifs is 1. The first-order valence-corrected chi connectivity index (χ1v) is 10.3. The average Bonchev–Trinajstić information content (AvgIpc) is 2.97. The van der Waals surface area contributed by atoms with Crippen LogP contribution in [-0.4, -0.2) is 46.8 Å². The number of carbonyl (C=O) groups is 2. The molecule has 3 atom stereocenters. The topological polar surface area (TPSA) is 40.6 Å². The van der Waals surface area contributed by atoms with E-state index in [0.29, 0.717) is 0 Å². The van der Waals surface area contributed by atoms with E-state index in [0.717, 1.165) is 44.3 Å². The molecule has 0 spiro atoms. The van der Waals surface area contributed by atoms with Gasteiger partial charge in [-0.1, -0.05) is 48.5 Å². The Morgan fingerprint density at radius 3 is 2.18 bits per heavy atom. The van der Waals surface area contributed by atoms with Gasteiger partial charge >= 0.3 is 0 Å². The summed E-state index contributed by atoms with van der Waals surface area (Å²) >= 11 is 0. The van der Waals surface area contributed by atoms with E-state index in [2.05, 4.69) is 29.2 Å². The van der Waals surface area contributed by atoms with Gasteiger partial charge in [-0.3, -0.25) is 9.59 Å². The lowest BCUT2D eigenvalue weighted by Crippen LogP contribution is -2.60. The predicted octanol–water partition coefficient (Wildman–Crippen LogP) is 4.09. The zero-order chi connectivity index (χ0) is 19.5. The fraction of sp³-hybridized carbons (Fsp3) is 0.417. The summed E-state index contributed by atoms with van der Waals surface area (Å²) in [6.07, 6.45) is 3.89. The van der Waals surface area contributed by atoms with E-state index in [1.54, 1.807) is 6.92 Å². The van der Waals surface area contributed by atoms with Gasteiger partial charge in [-0.25, -0.2) is 0 Å². The van der Waals surface area contributed by atoms with Crippen molar-refractivity contribution < 1.29 is 9.59 Å². The molecule has 28 heavy (non-hydrogen) atoms. The highest BCUT2D eigenvalue weighted by molar-refractivity contribution is 5.94. The van der Waals surface area contributed by atoms with E-state index in [4.69, 9.17) is 0 Å². The molecule has 0 unspecified atom stereocenters. The van der Waals surface area contributed by atoms with E-state index in [1.165, 1.54) is 5.56 Å². The Morgan fingerprint density at radius 2 is 1.50 bits per heavy atom. The lowest BCUT2D eigenvalue weighted by Gasteiger charge is -2.49. The van der Waals surface area contributed by atoms with Crippen molar-refractivity contribution in [2.75, 3.05) is 13.1 Å². The predicted molar refractivity (Wildman–Crippen MR) is 110 cm³/mol. The molecule has 0 radical (unpaired) electrons. The Morgan fingerprint density at radius 1 is 0.821 bits per heavy atom. The number of piperidine rings is 1. The van der Waals surface area contributed by atoms with Crippen molar-refractivity contribution in [2.24, 2.45) is 0 Å². The summed E-state index contributed by atoms with van der Waals surface area (Å²) in [4.78, 5) is 29.9. The minimum absolute atomic E-state index is 0.0234. The molecule has 0 aliphatic carbocycles. The molecule has 2 fully saturated rings.